The molecule has 1 fully saturated rings. The fourth-order valence-electron chi connectivity index (χ4n) is 3.02. The number of carbonyl (C=O) groups is 1. The van der Waals surface area contributed by atoms with Crippen molar-refractivity contribution in [3.05, 3.63) is 53.7 Å². The number of rotatable bonds is 5. The van der Waals surface area contributed by atoms with E-state index in [1.807, 2.05) is 49.4 Å². The summed E-state index contributed by atoms with van der Waals surface area (Å²) in [5.74, 6) is 0.663. The Bertz CT molecular complexity index is 664. The van der Waals surface area contributed by atoms with Crippen LogP contribution >= 0.6 is 0 Å². The number of benzene rings is 1. The molecule has 23 heavy (non-hydrogen) atoms. The highest BCUT2D eigenvalue weighted by Gasteiger charge is 2.15. The normalized spacial score (nSPS) is 17.2. The molecule has 4 nitrogen and oxygen atoms in total. The predicted octanol–water partition coefficient (Wildman–Crippen LogP) is 2.79. The minimum Gasteiger partial charge on any atom is -0.352 e. The average molecular weight is 309 g/mol. The third-order valence-electron chi connectivity index (χ3n) is 4.40. The maximum Gasteiger partial charge on any atom is 0.253 e. The van der Waals surface area contributed by atoms with Gasteiger partial charge in [-0.2, -0.15) is 0 Å². The summed E-state index contributed by atoms with van der Waals surface area (Å²) in [6.45, 7) is 4.79. The molecular weight excluding hydrogens is 286 g/mol. The molecular formula is C19H23N3O. The smallest absolute Gasteiger partial charge is 0.253 e. The topological polar surface area (TPSA) is 54.0 Å². The van der Waals surface area contributed by atoms with E-state index in [4.69, 9.17) is 0 Å². The van der Waals surface area contributed by atoms with Crippen LogP contribution in [0, 0.1) is 12.8 Å². The molecule has 0 radical (unpaired) electrons. The van der Waals surface area contributed by atoms with E-state index in [0.29, 0.717) is 11.5 Å². The highest BCUT2D eigenvalue weighted by molar-refractivity contribution is 5.95. The van der Waals surface area contributed by atoms with Gasteiger partial charge in [0.25, 0.3) is 5.91 Å². The van der Waals surface area contributed by atoms with Crippen LogP contribution in [0.25, 0.3) is 11.3 Å². The number of aryl methyl sites for hydroxylation is 1. The molecule has 3 rings (SSSR count). The van der Waals surface area contributed by atoms with Crippen molar-refractivity contribution in [2.45, 2.75) is 19.8 Å². The van der Waals surface area contributed by atoms with Crippen molar-refractivity contribution in [1.82, 2.24) is 15.6 Å². The zero-order valence-electron chi connectivity index (χ0n) is 13.5. The van der Waals surface area contributed by atoms with Crippen molar-refractivity contribution in [1.29, 1.82) is 0 Å². The lowest BCUT2D eigenvalue weighted by atomic mass is 10.0. The van der Waals surface area contributed by atoms with Gasteiger partial charge in [0.1, 0.15) is 0 Å². The zero-order valence-corrected chi connectivity index (χ0v) is 13.5. The van der Waals surface area contributed by atoms with E-state index in [2.05, 4.69) is 15.6 Å². The van der Waals surface area contributed by atoms with Gasteiger partial charge in [-0.15, -0.1) is 0 Å². The van der Waals surface area contributed by atoms with Gasteiger partial charge in [-0.3, -0.25) is 9.78 Å². The van der Waals surface area contributed by atoms with Gasteiger partial charge in [0.15, 0.2) is 0 Å². The monoisotopic (exact) mass is 309 g/mol. The summed E-state index contributed by atoms with van der Waals surface area (Å²) in [5.41, 5.74) is 3.40. The zero-order chi connectivity index (χ0) is 16.1. The van der Waals surface area contributed by atoms with Gasteiger partial charge in [0.2, 0.25) is 0 Å². The van der Waals surface area contributed by atoms with Crippen LogP contribution in [0.1, 0.15) is 28.9 Å². The van der Waals surface area contributed by atoms with E-state index in [0.717, 1.165) is 43.0 Å². The first kappa shape index (κ1) is 15.7. The Hall–Kier alpha value is -2.20. The molecule has 1 aliphatic rings. The Morgan fingerprint density at radius 3 is 2.78 bits per heavy atom. The van der Waals surface area contributed by atoms with Crippen LogP contribution < -0.4 is 10.6 Å². The molecule has 2 N–H and O–H groups in total. The molecule has 1 amide bonds. The molecule has 4 heteroatoms. The number of hydrogen-bond donors (Lipinski definition) is 2. The second-order valence-electron chi connectivity index (χ2n) is 6.10. The van der Waals surface area contributed by atoms with Crippen molar-refractivity contribution >= 4 is 5.91 Å². The highest BCUT2D eigenvalue weighted by Crippen LogP contribution is 2.18. The van der Waals surface area contributed by atoms with Crippen molar-refractivity contribution < 1.29 is 4.79 Å². The molecule has 2 heterocycles. The Morgan fingerprint density at radius 2 is 2.09 bits per heavy atom. The molecule has 1 aliphatic heterocycles. The molecule has 1 aromatic carbocycles. The lowest BCUT2D eigenvalue weighted by Gasteiger charge is -2.11. The SMILES string of the molecule is Cc1nc(-c2ccccc2)ccc1C(=O)NCCC1CCNC1. The molecule has 120 valence electrons. The number of pyridine rings is 1. The Labute approximate surface area is 137 Å². The van der Waals surface area contributed by atoms with Gasteiger partial charge in [-0.25, -0.2) is 0 Å². The molecule has 1 saturated heterocycles. The molecule has 1 aromatic heterocycles. The van der Waals surface area contributed by atoms with Crippen molar-refractivity contribution in [2.24, 2.45) is 5.92 Å². The van der Waals surface area contributed by atoms with Crippen molar-refractivity contribution in [3.63, 3.8) is 0 Å². The van der Waals surface area contributed by atoms with E-state index in [1.54, 1.807) is 0 Å². The van der Waals surface area contributed by atoms with Crippen LogP contribution in [0.15, 0.2) is 42.5 Å². The summed E-state index contributed by atoms with van der Waals surface area (Å²) in [5, 5.41) is 6.37. The first-order valence-electron chi connectivity index (χ1n) is 8.26. The van der Waals surface area contributed by atoms with Crippen LogP contribution in [0.5, 0.6) is 0 Å². The lowest BCUT2D eigenvalue weighted by Crippen LogP contribution is -2.27. The second-order valence-corrected chi connectivity index (χ2v) is 6.10. The first-order chi connectivity index (χ1) is 11.2. The summed E-state index contributed by atoms with van der Waals surface area (Å²) < 4.78 is 0. The van der Waals surface area contributed by atoms with E-state index in [-0.39, 0.29) is 5.91 Å². The number of nitrogens with one attached hydrogen (secondary N) is 2. The van der Waals surface area contributed by atoms with E-state index in [9.17, 15) is 4.79 Å². The summed E-state index contributed by atoms with van der Waals surface area (Å²) >= 11 is 0. The average Bonchev–Trinajstić information content (AvgIpc) is 3.09. The van der Waals surface area contributed by atoms with Crippen LogP contribution in [0.3, 0.4) is 0 Å². The van der Waals surface area contributed by atoms with Gasteiger partial charge in [-0.1, -0.05) is 30.3 Å². The summed E-state index contributed by atoms with van der Waals surface area (Å²) in [6.07, 6.45) is 2.25. The fourth-order valence-corrected chi connectivity index (χ4v) is 3.02. The lowest BCUT2D eigenvalue weighted by molar-refractivity contribution is 0.0950. The second kappa shape index (κ2) is 7.38. The maximum absolute atomic E-state index is 12.3. The quantitative estimate of drug-likeness (QED) is 0.893. The number of carbonyl (C=O) groups excluding carboxylic acids is 1. The van der Waals surface area contributed by atoms with Crippen LogP contribution in [-0.4, -0.2) is 30.5 Å². The van der Waals surface area contributed by atoms with Crippen LogP contribution in [0.4, 0.5) is 0 Å². The number of amides is 1. The molecule has 0 bridgehead atoms. The summed E-state index contributed by atoms with van der Waals surface area (Å²) in [4.78, 5) is 16.9. The minimum absolute atomic E-state index is 0.0273. The fraction of sp³-hybridized carbons (Fsp3) is 0.368. The van der Waals surface area contributed by atoms with Gasteiger partial charge in [0, 0.05) is 12.1 Å². The molecule has 2 aromatic rings. The third-order valence-corrected chi connectivity index (χ3v) is 4.40. The third kappa shape index (κ3) is 3.96. The standard InChI is InChI=1S/C19H23N3O/c1-14-17(19(23)21-12-10-15-9-11-20-13-15)7-8-18(22-14)16-5-3-2-4-6-16/h2-8,15,20H,9-13H2,1H3,(H,21,23). The van der Waals surface area contributed by atoms with Crippen molar-refractivity contribution in [3.8, 4) is 11.3 Å². The first-order valence-corrected chi connectivity index (χ1v) is 8.26. The molecule has 1 unspecified atom stereocenters. The maximum atomic E-state index is 12.3. The van der Waals surface area contributed by atoms with E-state index in [1.165, 1.54) is 6.42 Å². The van der Waals surface area contributed by atoms with Crippen molar-refractivity contribution in [2.75, 3.05) is 19.6 Å². The Balaban J connectivity index is 1.62. The highest BCUT2D eigenvalue weighted by atomic mass is 16.1. The summed E-state index contributed by atoms with van der Waals surface area (Å²) in [6, 6.07) is 13.8. The van der Waals surface area contributed by atoms with Gasteiger partial charge >= 0.3 is 0 Å². The minimum atomic E-state index is -0.0273. The Kier molecular flexibility index (Phi) is 5.03. The van der Waals surface area contributed by atoms with Gasteiger partial charge < -0.3 is 10.6 Å². The molecule has 1 atom stereocenters. The summed E-state index contributed by atoms with van der Waals surface area (Å²) in [7, 11) is 0. The van der Waals surface area contributed by atoms with Crippen LogP contribution in [0.2, 0.25) is 0 Å². The number of hydrogen-bond acceptors (Lipinski definition) is 3. The molecule has 0 saturated carbocycles. The van der Waals surface area contributed by atoms with Crippen LogP contribution in [-0.2, 0) is 0 Å². The molecule has 0 aliphatic carbocycles. The largest absolute Gasteiger partial charge is 0.352 e. The predicted molar refractivity (Wildman–Crippen MR) is 92.3 cm³/mol. The van der Waals surface area contributed by atoms with Gasteiger partial charge in [0.05, 0.1) is 17.0 Å². The van der Waals surface area contributed by atoms with E-state index < -0.39 is 0 Å². The Morgan fingerprint density at radius 1 is 1.26 bits per heavy atom. The number of nitrogens with zero attached hydrogens (tertiary/aromatic N) is 1. The van der Waals surface area contributed by atoms with Gasteiger partial charge in [-0.05, 0) is 50.9 Å². The number of aromatic nitrogens is 1. The molecule has 0 spiro atoms. The van der Waals surface area contributed by atoms with E-state index >= 15 is 0 Å².